The van der Waals surface area contributed by atoms with E-state index in [9.17, 15) is 0 Å². The molecular weight excluding hydrogens is 238 g/mol. The Balaban J connectivity index is 1.83. The van der Waals surface area contributed by atoms with Crippen LogP contribution in [-0.2, 0) is 4.74 Å². The summed E-state index contributed by atoms with van der Waals surface area (Å²) in [5.74, 6) is 0.629. The second-order valence-corrected chi connectivity index (χ2v) is 4.52. The van der Waals surface area contributed by atoms with E-state index < -0.39 is 0 Å². The van der Waals surface area contributed by atoms with Crippen LogP contribution in [0.25, 0.3) is 10.8 Å². The van der Waals surface area contributed by atoms with Crippen LogP contribution in [0, 0.1) is 0 Å². The molecule has 88 valence electrons. The molecule has 0 N–H and O–H groups in total. The van der Waals surface area contributed by atoms with Crippen molar-refractivity contribution >= 4 is 16.5 Å². The second kappa shape index (κ2) is 4.72. The van der Waals surface area contributed by atoms with Gasteiger partial charge in [0.05, 0.1) is 13.2 Å². The number of aromatic nitrogens is 4. The Hall–Kier alpha value is -1.60. The van der Waals surface area contributed by atoms with Crippen molar-refractivity contribution in [3.8, 4) is 10.8 Å². The van der Waals surface area contributed by atoms with Gasteiger partial charge in [-0.15, -0.1) is 10.2 Å². The van der Waals surface area contributed by atoms with Crippen LogP contribution < -0.4 is 4.90 Å². The number of hydrogen-bond acceptors (Lipinski definition) is 7. The molecule has 1 fully saturated rings. The maximum absolute atomic E-state index is 5.30. The topological polar surface area (TPSA) is 64.0 Å². The highest BCUT2D eigenvalue weighted by molar-refractivity contribution is 7.18. The zero-order chi connectivity index (χ0) is 11.5. The standard InChI is InChI=1S/C10H11N5OS/c1-2-11-8(12-3-1)9-13-14-10(17-9)15-4-6-16-7-5-15/h1-3H,4-7H2. The van der Waals surface area contributed by atoms with E-state index in [1.807, 2.05) is 0 Å². The van der Waals surface area contributed by atoms with Gasteiger partial charge in [-0.1, -0.05) is 11.3 Å². The molecule has 1 aliphatic heterocycles. The van der Waals surface area contributed by atoms with Crippen molar-refractivity contribution in [2.45, 2.75) is 0 Å². The molecule has 3 rings (SSSR count). The van der Waals surface area contributed by atoms with Gasteiger partial charge < -0.3 is 9.64 Å². The first-order chi connectivity index (χ1) is 8.43. The van der Waals surface area contributed by atoms with E-state index in [1.165, 1.54) is 11.3 Å². The minimum absolute atomic E-state index is 0.629. The lowest BCUT2D eigenvalue weighted by molar-refractivity contribution is 0.122. The molecule has 0 aliphatic carbocycles. The highest BCUT2D eigenvalue weighted by atomic mass is 32.1. The first kappa shape index (κ1) is 10.5. The molecule has 2 aromatic rings. The quantitative estimate of drug-likeness (QED) is 0.785. The predicted octanol–water partition coefficient (Wildman–Crippen LogP) is 0.832. The molecule has 0 spiro atoms. The lowest BCUT2D eigenvalue weighted by Gasteiger charge is -2.25. The van der Waals surface area contributed by atoms with Crippen LogP contribution >= 0.6 is 11.3 Å². The van der Waals surface area contributed by atoms with Gasteiger partial charge >= 0.3 is 0 Å². The van der Waals surface area contributed by atoms with Gasteiger partial charge in [0.25, 0.3) is 0 Å². The highest BCUT2D eigenvalue weighted by Gasteiger charge is 2.16. The summed E-state index contributed by atoms with van der Waals surface area (Å²) in [6, 6.07) is 1.79. The van der Waals surface area contributed by atoms with Gasteiger partial charge in [-0.25, -0.2) is 9.97 Å². The maximum atomic E-state index is 5.30. The van der Waals surface area contributed by atoms with Gasteiger partial charge in [-0.2, -0.15) is 0 Å². The molecule has 0 atom stereocenters. The van der Waals surface area contributed by atoms with E-state index in [4.69, 9.17) is 4.74 Å². The molecule has 7 heteroatoms. The second-order valence-electron chi connectivity index (χ2n) is 3.56. The molecule has 0 aromatic carbocycles. The van der Waals surface area contributed by atoms with Gasteiger partial charge in [-0.3, -0.25) is 0 Å². The van der Waals surface area contributed by atoms with Crippen LogP contribution in [0.3, 0.4) is 0 Å². The summed E-state index contributed by atoms with van der Waals surface area (Å²) in [5.41, 5.74) is 0. The van der Waals surface area contributed by atoms with Gasteiger partial charge in [-0.05, 0) is 6.07 Å². The summed E-state index contributed by atoms with van der Waals surface area (Å²) in [4.78, 5) is 10.5. The zero-order valence-corrected chi connectivity index (χ0v) is 9.93. The zero-order valence-electron chi connectivity index (χ0n) is 9.11. The van der Waals surface area contributed by atoms with Gasteiger partial charge in [0.15, 0.2) is 10.8 Å². The lowest BCUT2D eigenvalue weighted by atomic mass is 10.5. The third kappa shape index (κ3) is 2.25. The molecule has 0 unspecified atom stereocenters. The monoisotopic (exact) mass is 249 g/mol. The van der Waals surface area contributed by atoms with Crippen LogP contribution in [-0.4, -0.2) is 46.5 Å². The van der Waals surface area contributed by atoms with E-state index >= 15 is 0 Å². The molecule has 3 heterocycles. The minimum Gasteiger partial charge on any atom is -0.378 e. The van der Waals surface area contributed by atoms with E-state index in [0.29, 0.717) is 5.82 Å². The molecule has 0 amide bonds. The van der Waals surface area contributed by atoms with E-state index in [0.717, 1.165) is 36.4 Å². The molecular formula is C10H11N5OS. The van der Waals surface area contributed by atoms with E-state index in [1.54, 1.807) is 18.5 Å². The Bertz CT molecular complexity index is 482. The van der Waals surface area contributed by atoms with Crippen molar-refractivity contribution in [1.29, 1.82) is 0 Å². The largest absolute Gasteiger partial charge is 0.378 e. The van der Waals surface area contributed by atoms with Crippen LogP contribution in [0.2, 0.25) is 0 Å². The highest BCUT2D eigenvalue weighted by Crippen LogP contribution is 2.26. The van der Waals surface area contributed by atoms with Crippen molar-refractivity contribution in [3.05, 3.63) is 18.5 Å². The van der Waals surface area contributed by atoms with Crippen LogP contribution in [0.5, 0.6) is 0 Å². The fourth-order valence-corrected chi connectivity index (χ4v) is 2.44. The third-order valence-corrected chi connectivity index (χ3v) is 3.43. The van der Waals surface area contributed by atoms with Crippen molar-refractivity contribution in [2.24, 2.45) is 0 Å². The van der Waals surface area contributed by atoms with Crippen LogP contribution in [0.1, 0.15) is 0 Å². The Morgan fingerprint density at radius 2 is 1.88 bits per heavy atom. The van der Waals surface area contributed by atoms with Crippen molar-refractivity contribution < 1.29 is 4.74 Å². The number of hydrogen-bond donors (Lipinski definition) is 0. The summed E-state index contributed by atoms with van der Waals surface area (Å²) in [7, 11) is 0. The third-order valence-electron chi connectivity index (χ3n) is 2.45. The smallest absolute Gasteiger partial charge is 0.208 e. The normalized spacial score (nSPS) is 16.1. The summed E-state index contributed by atoms with van der Waals surface area (Å²) in [6.07, 6.45) is 3.41. The number of ether oxygens (including phenoxy) is 1. The number of morpholine rings is 1. The van der Waals surface area contributed by atoms with Gasteiger partial charge in [0.1, 0.15) is 0 Å². The van der Waals surface area contributed by atoms with Crippen LogP contribution in [0.15, 0.2) is 18.5 Å². The van der Waals surface area contributed by atoms with Crippen molar-refractivity contribution in [2.75, 3.05) is 31.2 Å². The first-order valence-electron chi connectivity index (χ1n) is 5.37. The number of rotatable bonds is 2. The Morgan fingerprint density at radius 1 is 1.12 bits per heavy atom. The van der Waals surface area contributed by atoms with Crippen molar-refractivity contribution in [3.63, 3.8) is 0 Å². The maximum Gasteiger partial charge on any atom is 0.208 e. The summed E-state index contributed by atoms with van der Waals surface area (Å²) in [6.45, 7) is 3.22. The summed E-state index contributed by atoms with van der Waals surface area (Å²) >= 11 is 1.52. The molecule has 0 bridgehead atoms. The minimum atomic E-state index is 0.629. The Morgan fingerprint density at radius 3 is 2.65 bits per heavy atom. The first-order valence-corrected chi connectivity index (χ1v) is 6.19. The molecule has 0 saturated carbocycles. The fourth-order valence-electron chi connectivity index (χ4n) is 1.60. The average Bonchev–Trinajstić information content (AvgIpc) is 2.90. The summed E-state index contributed by atoms with van der Waals surface area (Å²) in [5, 5.41) is 9.97. The van der Waals surface area contributed by atoms with E-state index in [2.05, 4.69) is 25.1 Å². The average molecular weight is 249 g/mol. The molecule has 6 nitrogen and oxygen atoms in total. The molecule has 1 saturated heterocycles. The van der Waals surface area contributed by atoms with Gasteiger partial charge in [0.2, 0.25) is 5.13 Å². The lowest BCUT2D eigenvalue weighted by Crippen LogP contribution is -2.36. The molecule has 2 aromatic heterocycles. The SMILES string of the molecule is c1cnc(-c2nnc(N3CCOCC3)s2)nc1. The number of nitrogens with zero attached hydrogens (tertiary/aromatic N) is 5. The predicted molar refractivity (Wildman–Crippen MR) is 64.0 cm³/mol. The Labute approximate surface area is 102 Å². The molecule has 1 aliphatic rings. The van der Waals surface area contributed by atoms with Crippen molar-refractivity contribution in [1.82, 2.24) is 20.2 Å². The van der Waals surface area contributed by atoms with E-state index in [-0.39, 0.29) is 0 Å². The summed E-state index contributed by atoms with van der Waals surface area (Å²) < 4.78 is 5.30. The number of anilines is 1. The van der Waals surface area contributed by atoms with Crippen LogP contribution in [0.4, 0.5) is 5.13 Å². The van der Waals surface area contributed by atoms with Gasteiger partial charge in [0, 0.05) is 25.5 Å². The molecule has 0 radical (unpaired) electrons. The molecule has 17 heavy (non-hydrogen) atoms. The Kier molecular flexibility index (Phi) is 2.93. The fraction of sp³-hybridized carbons (Fsp3) is 0.400.